The Balaban J connectivity index is 3.17. The third kappa shape index (κ3) is 1.36. The molecule has 0 fully saturated rings. The van der Waals surface area contributed by atoms with Crippen molar-refractivity contribution in [3.8, 4) is 0 Å². The number of rotatable bonds is 0. The van der Waals surface area contributed by atoms with Gasteiger partial charge in [-0.2, -0.15) is 4.39 Å². The minimum atomic E-state index is -0.901. The van der Waals surface area contributed by atoms with Crippen LogP contribution >= 0.6 is 11.6 Å². The highest BCUT2D eigenvalue weighted by molar-refractivity contribution is 6.30. The van der Waals surface area contributed by atoms with Gasteiger partial charge in [0, 0.05) is 0 Å². The van der Waals surface area contributed by atoms with Crippen molar-refractivity contribution in [1.29, 1.82) is 0 Å². The fourth-order valence-electron chi connectivity index (χ4n) is 0.353. The molecule has 0 N–H and O–H groups in total. The summed E-state index contributed by atoms with van der Waals surface area (Å²) >= 11 is 5.10. The number of hydrogen-bond donors (Lipinski definition) is 0. The zero-order valence-corrected chi connectivity index (χ0v) is 4.91. The first-order valence-electron chi connectivity index (χ1n) is 2.09. The molecule has 0 atom stereocenters. The maximum Gasteiger partial charge on any atom is 0.222 e. The Morgan fingerprint density at radius 1 is 1.56 bits per heavy atom. The molecule has 0 bridgehead atoms. The lowest BCUT2D eigenvalue weighted by atomic mass is 10.5. The summed E-state index contributed by atoms with van der Waals surface area (Å²) in [5.74, 6) is -1.67. The predicted octanol–water partition coefficient (Wildman–Crippen LogP) is 1.81. The molecular formula is C5HClF2N. The van der Waals surface area contributed by atoms with E-state index in [4.69, 9.17) is 11.6 Å². The molecule has 0 aliphatic carbocycles. The van der Waals surface area contributed by atoms with Gasteiger partial charge in [0.25, 0.3) is 0 Å². The van der Waals surface area contributed by atoms with E-state index in [1.54, 1.807) is 0 Å². The lowest BCUT2D eigenvalue weighted by Gasteiger charge is -1.88. The van der Waals surface area contributed by atoms with E-state index in [2.05, 4.69) is 4.98 Å². The second-order valence-electron chi connectivity index (χ2n) is 1.34. The van der Waals surface area contributed by atoms with Gasteiger partial charge in [-0.1, -0.05) is 11.6 Å². The fourth-order valence-corrected chi connectivity index (χ4v) is 0.479. The number of hydrogen-bond acceptors (Lipinski definition) is 1. The maximum absolute atomic E-state index is 12.1. The fraction of sp³-hybridized carbons (Fsp3) is 0. The Kier molecular flexibility index (Phi) is 1.62. The van der Waals surface area contributed by atoms with Crippen LogP contribution in [0.25, 0.3) is 0 Å². The molecule has 0 unspecified atom stereocenters. The van der Waals surface area contributed by atoms with Crippen LogP contribution in [0.1, 0.15) is 0 Å². The summed E-state index contributed by atoms with van der Waals surface area (Å²) in [5.41, 5.74) is 0. The average Bonchev–Trinajstić information content (AvgIpc) is 1.80. The Hall–Kier alpha value is -0.700. The molecule has 0 spiro atoms. The van der Waals surface area contributed by atoms with Crippen molar-refractivity contribution in [3.05, 3.63) is 29.1 Å². The lowest BCUT2D eigenvalue weighted by Crippen LogP contribution is -1.84. The van der Waals surface area contributed by atoms with E-state index in [0.717, 1.165) is 0 Å². The van der Waals surface area contributed by atoms with Gasteiger partial charge in [0.15, 0.2) is 5.82 Å². The first-order chi connectivity index (χ1) is 4.20. The van der Waals surface area contributed by atoms with Crippen LogP contribution in [-0.2, 0) is 0 Å². The second-order valence-corrected chi connectivity index (χ2v) is 1.71. The highest BCUT2D eigenvalue weighted by atomic mass is 35.5. The summed E-state index contributed by atoms with van der Waals surface area (Å²) in [7, 11) is 0. The number of halogens is 3. The number of nitrogens with zero attached hydrogens (tertiary/aromatic N) is 1. The van der Waals surface area contributed by atoms with Crippen molar-refractivity contribution in [2.45, 2.75) is 0 Å². The van der Waals surface area contributed by atoms with Gasteiger partial charge < -0.3 is 0 Å². The van der Waals surface area contributed by atoms with Crippen molar-refractivity contribution in [2.75, 3.05) is 0 Å². The van der Waals surface area contributed by atoms with Gasteiger partial charge in [-0.3, -0.25) is 0 Å². The van der Waals surface area contributed by atoms with Gasteiger partial charge in [-0.25, -0.2) is 9.37 Å². The molecule has 1 radical (unpaired) electrons. The lowest BCUT2D eigenvalue weighted by molar-refractivity contribution is 0.558. The summed E-state index contributed by atoms with van der Waals surface area (Å²) in [6.45, 7) is 0. The van der Waals surface area contributed by atoms with E-state index in [1.807, 2.05) is 6.07 Å². The van der Waals surface area contributed by atoms with Crippen molar-refractivity contribution < 1.29 is 8.78 Å². The molecule has 0 amide bonds. The molecule has 0 saturated heterocycles. The monoisotopic (exact) mass is 148 g/mol. The van der Waals surface area contributed by atoms with Gasteiger partial charge in [0.1, 0.15) is 0 Å². The summed E-state index contributed by atoms with van der Waals surface area (Å²) in [5, 5.41) is -0.373. The maximum atomic E-state index is 12.1. The van der Waals surface area contributed by atoms with Gasteiger partial charge >= 0.3 is 0 Å². The molecule has 1 aromatic rings. The van der Waals surface area contributed by atoms with Crippen molar-refractivity contribution in [3.63, 3.8) is 0 Å². The summed E-state index contributed by atoms with van der Waals surface area (Å²) in [4.78, 5) is 2.96. The summed E-state index contributed by atoms with van der Waals surface area (Å²) in [6.07, 6.45) is 0.703. The van der Waals surface area contributed by atoms with Crippen LogP contribution < -0.4 is 0 Å². The van der Waals surface area contributed by atoms with Gasteiger partial charge in [-0.05, 0) is 0 Å². The van der Waals surface area contributed by atoms with E-state index in [9.17, 15) is 8.78 Å². The summed E-state index contributed by atoms with van der Waals surface area (Å²) in [6, 6.07) is 1.85. The van der Waals surface area contributed by atoms with Crippen molar-refractivity contribution in [2.24, 2.45) is 0 Å². The minimum absolute atomic E-state index is 0.373. The third-order valence-corrected chi connectivity index (χ3v) is 0.989. The Labute approximate surface area is 55.3 Å². The summed E-state index contributed by atoms with van der Waals surface area (Å²) < 4.78 is 24.0. The normalized spacial score (nSPS) is 9.67. The molecular weight excluding hydrogens is 148 g/mol. The second kappa shape index (κ2) is 2.27. The van der Waals surface area contributed by atoms with Gasteiger partial charge in [-0.15, -0.1) is 0 Å². The van der Waals surface area contributed by atoms with Crippen LogP contribution in [0.15, 0.2) is 6.20 Å². The first kappa shape index (κ1) is 6.42. The molecule has 0 aromatic carbocycles. The Morgan fingerprint density at radius 2 is 2.22 bits per heavy atom. The average molecular weight is 149 g/mol. The van der Waals surface area contributed by atoms with E-state index < -0.39 is 11.8 Å². The molecule has 1 heterocycles. The number of aromatic nitrogens is 1. The molecule has 9 heavy (non-hydrogen) atoms. The zero-order chi connectivity index (χ0) is 6.85. The van der Waals surface area contributed by atoms with Crippen LogP contribution in [0.3, 0.4) is 0 Å². The first-order valence-corrected chi connectivity index (χ1v) is 2.47. The van der Waals surface area contributed by atoms with E-state index in [-0.39, 0.29) is 5.02 Å². The molecule has 1 nitrogen and oxygen atoms in total. The molecule has 0 aliphatic heterocycles. The SMILES string of the molecule is Fc1[c]c(Cl)c(F)cn1. The molecule has 0 aliphatic rings. The molecule has 1 rings (SSSR count). The van der Waals surface area contributed by atoms with Crippen LogP contribution in [0.2, 0.25) is 5.02 Å². The molecule has 1 aromatic heterocycles. The van der Waals surface area contributed by atoms with Gasteiger partial charge in [0.05, 0.1) is 17.3 Å². The molecule has 47 valence electrons. The minimum Gasteiger partial charge on any atom is -0.225 e. The van der Waals surface area contributed by atoms with Gasteiger partial charge in [0.2, 0.25) is 5.95 Å². The van der Waals surface area contributed by atoms with Crippen LogP contribution in [0.5, 0.6) is 0 Å². The predicted molar refractivity (Wildman–Crippen MR) is 28.0 cm³/mol. The topological polar surface area (TPSA) is 12.9 Å². The van der Waals surface area contributed by atoms with Crippen LogP contribution in [0.4, 0.5) is 8.78 Å². The van der Waals surface area contributed by atoms with E-state index in [1.165, 1.54) is 0 Å². The largest absolute Gasteiger partial charge is 0.225 e. The van der Waals surface area contributed by atoms with E-state index >= 15 is 0 Å². The van der Waals surface area contributed by atoms with Crippen molar-refractivity contribution in [1.82, 2.24) is 4.98 Å². The van der Waals surface area contributed by atoms with Crippen LogP contribution in [0, 0.1) is 17.8 Å². The van der Waals surface area contributed by atoms with E-state index in [0.29, 0.717) is 6.20 Å². The number of pyridine rings is 1. The standard InChI is InChI=1S/C5HClF2N/c6-3-1-5(8)9-2-4(3)7/h2H. The molecule has 4 heteroatoms. The Morgan fingerprint density at radius 3 is 2.67 bits per heavy atom. The van der Waals surface area contributed by atoms with Crippen molar-refractivity contribution >= 4 is 11.6 Å². The smallest absolute Gasteiger partial charge is 0.222 e. The molecule has 0 saturated carbocycles. The zero-order valence-electron chi connectivity index (χ0n) is 4.16. The van der Waals surface area contributed by atoms with Crippen LogP contribution in [-0.4, -0.2) is 4.98 Å². The highest BCUT2D eigenvalue weighted by Crippen LogP contribution is 2.11. The highest BCUT2D eigenvalue weighted by Gasteiger charge is 2.00. The third-order valence-electron chi connectivity index (χ3n) is 0.714. The quantitative estimate of drug-likeness (QED) is 0.512. The Bertz CT molecular complexity index is 226.